The van der Waals surface area contributed by atoms with Crippen molar-refractivity contribution in [1.82, 2.24) is 9.13 Å². The summed E-state index contributed by atoms with van der Waals surface area (Å²) < 4.78 is 4.79. The molecule has 0 saturated carbocycles. The zero-order chi connectivity index (χ0) is 26.5. The van der Waals surface area contributed by atoms with Crippen LogP contribution in [0.3, 0.4) is 0 Å². The predicted octanol–water partition coefficient (Wildman–Crippen LogP) is 10.1. The highest BCUT2D eigenvalue weighted by Gasteiger charge is 2.21. The molecule has 8 aromatic rings. The summed E-state index contributed by atoms with van der Waals surface area (Å²) in [5.74, 6) is 0. The van der Waals surface area contributed by atoms with E-state index in [0.717, 1.165) is 11.4 Å². The lowest BCUT2D eigenvalue weighted by molar-refractivity contribution is 1.12. The summed E-state index contributed by atoms with van der Waals surface area (Å²) in [6, 6.07) is 56.6. The van der Waals surface area contributed by atoms with Crippen LogP contribution in [0.1, 0.15) is 0 Å². The van der Waals surface area contributed by atoms with Gasteiger partial charge in [-0.25, -0.2) is 0 Å². The highest BCUT2D eigenvalue weighted by atomic mass is 15.0. The van der Waals surface area contributed by atoms with Crippen molar-refractivity contribution < 1.29 is 0 Å². The molecule has 0 N–H and O–H groups in total. The zero-order valence-corrected chi connectivity index (χ0v) is 21.9. The predicted molar refractivity (Wildman–Crippen MR) is 168 cm³/mol. The van der Waals surface area contributed by atoms with Gasteiger partial charge in [-0.15, -0.1) is 0 Å². The SMILES string of the molecule is c1ccc(-c2c(-c3ccccc3)n(-c3ccc(-n4c5ccccc5c5ccccc54)cc3)c3ccccc23)cc1. The Morgan fingerprint density at radius 1 is 0.300 bits per heavy atom. The number of nitrogens with zero attached hydrogens (tertiary/aromatic N) is 2. The fraction of sp³-hybridized carbons (Fsp3) is 0. The Morgan fingerprint density at radius 3 is 1.25 bits per heavy atom. The van der Waals surface area contributed by atoms with Crippen LogP contribution in [-0.2, 0) is 0 Å². The van der Waals surface area contributed by atoms with Crippen LogP contribution in [0, 0.1) is 0 Å². The molecule has 2 heteroatoms. The minimum absolute atomic E-state index is 1.14. The summed E-state index contributed by atoms with van der Waals surface area (Å²) in [6.45, 7) is 0. The number of hydrogen-bond acceptors (Lipinski definition) is 0. The van der Waals surface area contributed by atoms with Crippen molar-refractivity contribution in [2.24, 2.45) is 0 Å². The molecule has 0 spiro atoms. The molecule has 0 fully saturated rings. The monoisotopic (exact) mass is 510 g/mol. The Bertz CT molecular complexity index is 2080. The third-order valence-electron chi connectivity index (χ3n) is 7.93. The number of fused-ring (bicyclic) bond motifs is 4. The first-order valence-corrected chi connectivity index (χ1v) is 13.7. The highest BCUT2D eigenvalue weighted by molar-refractivity contribution is 6.09. The lowest BCUT2D eigenvalue weighted by Gasteiger charge is -2.15. The van der Waals surface area contributed by atoms with Gasteiger partial charge in [-0.3, -0.25) is 0 Å². The van der Waals surface area contributed by atoms with E-state index >= 15 is 0 Å². The molecule has 0 saturated heterocycles. The average Bonchev–Trinajstić information content (AvgIpc) is 3.56. The normalized spacial score (nSPS) is 11.5. The van der Waals surface area contributed by atoms with Crippen molar-refractivity contribution in [3.8, 4) is 33.8 Å². The molecule has 8 rings (SSSR count). The van der Waals surface area contributed by atoms with E-state index in [2.05, 4.69) is 167 Å². The molecule has 0 unspecified atom stereocenters. The van der Waals surface area contributed by atoms with Gasteiger partial charge < -0.3 is 9.13 Å². The molecule has 0 amide bonds. The number of rotatable bonds is 4. The number of hydrogen-bond donors (Lipinski definition) is 0. The molecule has 0 aliphatic carbocycles. The topological polar surface area (TPSA) is 9.86 Å². The molecule has 2 aromatic heterocycles. The standard InChI is InChI=1S/C38H26N2/c1-3-13-27(14-4-1)37-33-19-9-12-22-36(33)40(38(37)28-15-5-2-6-16-28)30-25-23-29(24-26-30)39-34-20-10-7-17-31(34)32-18-8-11-21-35(32)39/h1-26H. The fourth-order valence-electron chi connectivity index (χ4n) is 6.23. The summed E-state index contributed by atoms with van der Waals surface area (Å²) in [5.41, 5.74) is 10.8. The third-order valence-corrected chi connectivity index (χ3v) is 7.93. The van der Waals surface area contributed by atoms with Crippen LogP contribution in [0.2, 0.25) is 0 Å². The van der Waals surface area contributed by atoms with Crippen molar-refractivity contribution in [3.63, 3.8) is 0 Å². The second kappa shape index (κ2) is 9.14. The van der Waals surface area contributed by atoms with Crippen LogP contribution in [0.25, 0.3) is 66.5 Å². The van der Waals surface area contributed by atoms with Gasteiger partial charge in [-0.2, -0.15) is 0 Å². The quantitative estimate of drug-likeness (QED) is 0.223. The van der Waals surface area contributed by atoms with Crippen molar-refractivity contribution in [1.29, 1.82) is 0 Å². The van der Waals surface area contributed by atoms with Gasteiger partial charge in [0.15, 0.2) is 0 Å². The summed E-state index contributed by atoms with van der Waals surface area (Å²) in [5, 5.41) is 3.80. The maximum Gasteiger partial charge on any atom is 0.0619 e. The van der Waals surface area contributed by atoms with Gasteiger partial charge >= 0.3 is 0 Å². The largest absolute Gasteiger partial charge is 0.309 e. The molecule has 0 bridgehead atoms. The van der Waals surface area contributed by atoms with E-state index in [1.54, 1.807) is 0 Å². The van der Waals surface area contributed by atoms with E-state index in [1.165, 1.54) is 55.1 Å². The smallest absolute Gasteiger partial charge is 0.0619 e. The van der Waals surface area contributed by atoms with Crippen LogP contribution in [0.4, 0.5) is 0 Å². The Kier molecular flexibility index (Phi) is 5.17. The van der Waals surface area contributed by atoms with Gasteiger partial charge in [-0.1, -0.05) is 115 Å². The Hall–Kier alpha value is -5.34. The molecule has 0 aliphatic heterocycles. The van der Waals surface area contributed by atoms with Crippen molar-refractivity contribution in [2.45, 2.75) is 0 Å². The summed E-state index contributed by atoms with van der Waals surface area (Å²) in [7, 11) is 0. The number of aromatic nitrogens is 2. The van der Waals surface area contributed by atoms with Gasteiger partial charge in [0.2, 0.25) is 0 Å². The van der Waals surface area contributed by atoms with E-state index < -0.39 is 0 Å². The van der Waals surface area contributed by atoms with Crippen molar-refractivity contribution >= 4 is 32.7 Å². The third kappa shape index (κ3) is 3.43. The lowest BCUT2D eigenvalue weighted by atomic mass is 9.98. The molecule has 6 aromatic carbocycles. The van der Waals surface area contributed by atoms with Gasteiger partial charge in [-0.05, 0) is 53.6 Å². The average molecular weight is 511 g/mol. The highest BCUT2D eigenvalue weighted by Crippen LogP contribution is 2.43. The maximum absolute atomic E-state index is 2.42. The molecular formula is C38H26N2. The van der Waals surface area contributed by atoms with Gasteiger partial charge in [0.25, 0.3) is 0 Å². The molecule has 188 valence electrons. The molecule has 0 radical (unpaired) electrons. The Morgan fingerprint density at radius 2 is 0.700 bits per heavy atom. The van der Waals surface area contributed by atoms with Gasteiger partial charge in [0.05, 0.1) is 22.2 Å². The summed E-state index contributed by atoms with van der Waals surface area (Å²) in [6.07, 6.45) is 0. The van der Waals surface area contributed by atoms with Crippen LogP contribution < -0.4 is 0 Å². The molecular weight excluding hydrogens is 484 g/mol. The first-order valence-electron chi connectivity index (χ1n) is 13.7. The second-order valence-corrected chi connectivity index (χ2v) is 10.2. The van der Waals surface area contributed by atoms with Crippen molar-refractivity contribution in [3.05, 3.63) is 158 Å². The van der Waals surface area contributed by atoms with Gasteiger partial charge in [0, 0.05) is 33.1 Å². The lowest BCUT2D eigenvalue weighted by Crippen LogP contribution is -1.99. The molecule has 2 nitrogen and oxygen atoms in total. The number of benzene rings is 6. The zero-order valence-electron chi connectivity index (χ0n) is 21.9. The first-order chi connectivity index (χ1) is 19.9. The molecule has 0 aliphatic rings. The summed E-state index contributed by atoms with van der Waals surface area (Å²) >= 11 is 0. The maximum atomic E-state index is 2.42. The molecule has 0 atom stereocenters. The molecule has 2 heterocycles. The van der Waals surface area contributed by atoms with Crippen molar-refractivity contribution in [2.75, 3.05) is 0 Å². The van der Waals surface area contributed by atoms with Crippen LogP contribution in [0.15, 0.2) is 158 Å². The van der Waals surface area contributed by atoms with Crippen LogP contribution >= 0.6 is 0 Å². The minimum Gasteiger partial charge on any atom is -0.309 e. The van der Waals surface area contributed by atoms with Crippen LogP contribution in [0.5, 0.6) is 0 Å². The Balaban J connectivity index is 1.38. The molecule has 40 heavy (non-hydrogen) atoms. The van der Waals surface area contributed by atoms with E-state index in [0.29, 0.717) is 0 Å². The van der Waals surface area contributed by atoms with E-state index in [9.17, 15) is 0 Å². The van der Waals surface area contributed by atoms with Crippen LogP contribution in [-0.4, -0.2) is 9.13 Å². The summed E-state index contributed by atoms with van der Waals surface area (Å²) in [4.78, 5) is 0. The first kappa shape index (κ1) is 22.6. The second-order valence-electron chi connectivity index (χ2n) is 10.2. The Labute approximate surface area is 233 Å². The fourth-order valence-corrected chi connectivity index (χ4v) is 6.23. The van der Waals surface area contributed by atoms with Gasteiger partial charge in [0.1, 0.15) is 0 Å². The minimum atomic E-state index is 1.14. The van der Waals surface area contributed by atoms with E-state index in [4.69, 9.17) is 0 Å². The van der Waals surface area contributed by atoms with E-state index in [-0.39, 0.29) is 0 Å². The van der Waals surface area contributed by atoms with E-state index in [1.807, 2.05) is 0 Å². The number of para-hydroxylation sites is 3.